The lowest BCUT2D eigenvalue weighted by molar-refractivity contribution is -0.121. The zero-order valence-electron chi connectivity index (χ0n) is 11.0. The van der Waals surface area contributed by atoms with Crippen molar-refractivity contribution in [2.24, 2.45) is 0 Å². The molecule has 1 saturated carbocycles. The first-order chi connectivity index (χ1) is 9.09. The number of carbonyl (C=O) groups is 1. The van der Waals surface area contributed by atoms with Crippen molar-refractivity contribution in [1.29, 1.82) is 0 Å². The van der Waals surface area contributed by atoms with Crippen LogP contribution >= 0.6 is 0 Å². The van der Waals surface area contributed by atoms with E-state index in [2.05, 4.69) is 10.3 Å². The van der Waals surface area contributed by atoms with E-state index in [0.717, 1.165) is 25.7 Å². The van der Waals surface area contributed by atoms with Crippen molar-refractivity contribution in [3.05, 3.63) is 18.5 Å². The molecule has 1 aromatic rings. The number of carbonyl (C=O) groups excluding carboxylic acids is 1. The van der Waals surface area contributed by atoms with Gasteiger partial charge in [0.25, 0.3) is 0 Å². The zero-order chi connectivity index (χ0) is 13.8. The van der Waals surface area contributed by atoms with Gasteiger partial charge in [-0.3, -0.25) is 14.0 Å². The number of hydrogen-bond acceptors (Lipinski definition) is 4. The van der Waals surface area contributed by atoms with Gasteiger partial charge in [-0.05, 0) is 25.8 Å². The van der Waals surface area contributed by atoms with E-state index in [9.17, 15) is 9.00 Å². The molecule has 3 N–H and O–H groups in total. The van der Waals surface area contributed by atoms with Crippen LogP contribution in [-0.2, 0) is 15.6 Å². The molecule has 2 atom stereocenters. The van der Waals surface area contributed by atoms with Crippen LogP contribution in [0.1, 0.15) is 32.6 Å². The summed E-state index contributed by atoms with van der Waals surface area (Å²) in [5.41, 5.74) is 6.10. The lowest BCUT2D eigenvalue weighted by atomic mass is 10.2. The maximum atomic E-state index is 12.3. The second-order valence-corrected chi connectivity index (χ2v) is 6.58. The standard InChI is InChI=1S/C13H19N3O2S/c1-9(13(17)16-10-4-2-3-5-10)19(18)12-6-7-15-8-11(12)14/h6-10H,2-5,14H2,1H3,(H,16,17). The van der Waals surface area contributed by atoms with Crippen LogP contribution in [0.3, 0.4) is 0 Å². The van der Waals surface area contributed by atoms with Crippen molar-refractivity contribution in [2.75, 3.05) is 5.73 Å². The van der Waals surface area contributed by atoms with Gasteiger partial charge in [0.05, 0.1) is 27.6 Å². The third-order valence-corrected chi connectivity index (χ3v) is 5.08. The average Bonchev–Trinajstić information content (AvgIpc) is 2.90. The number of nitrogens with two attached hydrogens (primary N) is 1. The minimum absolute atomic E-state index is 0.165. The Morgan fingerprint density at radius 1 is 1.53 bits per heavy atom. The predicted octanol–water partition coefficient (Wildman–Crippen LogP) is 1.22. The summed E-state index contributed by atoms with van der Waals surface area (Å²) in [7, 11) is -1.45. The summed E-state index contributed by atoms with van der Waals surface area (Å²) in [4.78, 5) is 16.4. The Labute approximate surface area is 115 Å². The highest BCUT2D eigenvalue weighted by Crippen LogP contribution is 2.20. The zero-order valence-corrected chi connectivity index (χ0v) is 11.8. The Balaban J connectivity index is 2.02. The number of aromatic nitrogens is 1. The summed E-state index contributed by atoms with van der Waals surface area (Å²) in [5.74, 6) is -0.165. The van der Waals surface area contributed by atoms with E-state index in [1.807, 2.05) is 0 Å². The number of hydrogen-bond donors (Lipinski definition) is 2. The largest absolute Gasteiger partial charge is 0.396 e. The van der Waals surface area contributed by atoms with Crippen molar-refractivity contribution in [1.82, 2.24) is 10.3 Å². The molecule has 0 saturated heterocycles. The first-order valence-corrected chi connectivity index (χ1v) is 7.71. The SMILES string of the molecule is CC(C(=O)NC1CCCC1)S(=O)c1ccncc1N. The van der Waals surface area contributed by atoms with E-state index >= 15 is 0 Å². The van der Waals surface area contributed by atoms with Crippen LogP contribution in [0, 0.1) is 0 Å². The van der Waals surface area contributed by atoms with E-state index in [-0.39, 0.29) is 11.9 Å². The predicted molar refractivity (Wildman–Crippen MR) is 74.9 cm³/mol. The van der Waals surface area contributed by atoms with Crippen LogP contribution < -0.4 is 11.1 Å². The van der Waals surface area contributed by atoms with E-state index in [0.29, 0.717) is 10.6 Å². The second-order valence-electron chi connectivity index (χ2n) is 4.84. The number of anilines is 1. The van der Waals surface area contributed by atoms with E-state index in [1.165, 1.54) is 12.4 Å². The number of nitrogens with one attached hydrogen (secondary N) is 1. The molecule has 0 bridgehead atoms. The number of nitrogens with zero attached hydrogens (tertiary/aromatic N) is 1. The highest BCUT2D eigenvalue weighted by Gasteiger charge is 2.26. The molecule has 1 aromatic heterocycles. The minimum atomic E-state index is -1.45. The lowest BCUT2D eigenvalue weighted by Gasteiger charge is -2.16. The Kier molecular flexibility index (Phi) is 4.52. The normalized spacial score (nSPS) is 19.0. The fourth-order valence-electron chi connectivity index (χ4n) is 2.25. The molecule has 1 amide bonds. The summed E-state index contributed by atoms with van der Waals surface area (Å²) in [6.45, 7) is 1.67. The molecule has 1 aliphatic rings. The first kappa shape index (κ1) is 14.0. The van der Waals surface area contributed by atoms with E-state index in [4.69, 9.17) is 5.73 Å². The summed E-state index contributed by atoms with van der Waals surface area (Å²) in [5, 5.41) is 2.35. The van der Waals surface area contributed by atoms with Gasteiger partial charge in [0, 0.05) is 12.2 Å². The Hall–Kier alpha value is -1.43. The maximum Gasteiger partial charge on any atom is 0.236 e. The van der Waals surface area contributed by atoms with Gasteiger partial charge in [-0.2, -0.15) is 0 Å². The number of nitrogen functional groups attached to an aromatic ring is 1. The molecule has 0 aromatic carbocycles. The molecular formula is C13H19N3O2S. The monoisotopic (exact) mass is 281 g/mol. The van der Waals surface area contributed by atoms with Gasteiger partial charge in [-0.25, -0.2) is 0 Å². The van der Waals surface area contributed by atoms with Gasteiger partial charge in [0.2, 0.25) is 5.91 Å². The van der Waals surface area contributed by atoms with E-state index < -0.39 is 16.0 Å². The first-order valence-electron chi connectivity index (χ1n) is 6.50. The highest BCUT2D eigenvalue weighted by atomic mass is 32.2. The molecule has 1 heterocycles. The smallest absolute Gasteiger partial charge is 0.236 e. The van der Waals surface area contributed by atoms with Crippen LogP contribution in [-0.4, -0.2) is 26.4 Å². The Morgan fingerprint density at radius 3 is 2.84 bits per heavy atom. The van der Waals surface area contributed by atoms with Gasteiger partial charge < -0.3 is 11.1 Å². The van der Waals surface area contributed by atoms with Crippen LogP contribution in [0.15, 0.2) is 23.4 Å². The van der Waals surface area contributed by atoms with Crippen molar-refractivity contribution < 1.29 is 9.00 Å². The lowest BCUT2D eigenvalue weighted by Crippen LogP contribution is -2.40. The van der Waals surface area contributed by atoms with Crippen LogP contribution in [0.5, 0.6) is 0 Å². The molecule has 6 heteroatoms. The fraction of sp³-hybridized carbons (Fsp3) is 0.538. The highest BCUT2D eigenvalue weighted by molar-refractivity contribution is 7.86. The van der Waals surface area contributed by atoms with Gasteiger partial charge in [-0.15, -0.1) is 0 Å². The molecule has 5 nitrogen and oxygen atoms in total. The number of amides is 1. The molecule has 2 unspecified atom stereocenters. The Bertz CT molecular complexity index is 487. The number of rotatable bonds is 4. The maximum absolute atomic E-state index is 12.3. The van der Waals surface area contributed by atoms with Gasteiger partial charge in [0.1, 0.15) is 5.25 Å². The minimum Gasteiger partial charge on any atom is -0.396 e. The second kappa shape index (κ2) is 6.14. The van der Waals surface area contributed by atoms with Crippen molar-refractivity contribution in [3.63, 3.8) is 0 Å². The van der Waals surface area contributed by atoms with Crippen LogP contribution in [0.25, 0.3) is 0 Å². The van der Waals surface area contributed by atoms with Crippen molar-refractivity contribution in [2.45, 2.75) is 48.8 Å². The molecule has 2 rings (SSSR count). The average molecular weight is 281 g/mol. The van der Waals surface area contributed by atoms with Gasteiger partial charge in [0.15, 0.2) is 0 Å². The van der Waals surface area contributed by atoms with Gasteiger partial charge in [-0.1, -0.05) is 12.8 Å². The molecular weight excluding hydrogens is 262 g/mol. The van der Waals surface area contributed by atoms with Crippen molar-refractivity contribution >= 4 is 22.4 Å². The topological polar surface area (TPSA) is 85.1 Å². The van der Waals surface area contributed by atoms with Gasteiger partial charge >= 0.3 is 0 Å². The van der Waals surface area contributed by atoms with E-state index in [1.54, 1.807) is 13.0 Å². The van der Waals surface area contributed by atoms with Crippen LogP contribution in [0.4, 0.5) is 5.69 Å². The molecule has 0 aliphatic heterocycles. The summed E-state index contributed by atoms with van der Waals surface area (Å²) in [6.07, 6.45) is 7.32. The quantitative estimate of drug-likeness (QED) is 0.869. The van der Waals surface area contributed by atoms with Crippen molar-refractivity contribution in [3.8, 4) is 0 Å². The molecule has 1 aliphatic carbocycles. The number of pyridine rings is 1. The third-order valence-electron chi connectivity index (χ3n) is 3.42. The Morgan fingerprint density at radius 2 is 2.21 bits per heavy atom. The summed E-state index contributed by atoms with van der Waals surface area (Å²) < 4.78 is 12.3. The molecule has 0 spiro atoms. The molecule has 0 radical (unpaired) electrons. The summed E-state index contributed by atoms with van der Waals surface area (Å²) in [6, 6.07) is 1.84. The third kappa shape index (κ3) is 3.32. The van der Waals surface area contributed by atoms with Crippen LogP contribution in [0.2, 0.25) is 0 Å². The molecule has 1 fully saturated rings. The fourth-order valence-corrected chi connectivity index (χ4v) is 3.38. The summed E-state index contributed by atoms with van der Waals surface area (Å²) >= 11 is 0. The molecule has 104 valence electrons. The molecule has 19 heavy (non-hydrogen) atoms.